The number of carbonyl (C=O) groups excluding carboxylic acids is 1. The average Bonchev–Trinajstić information content (AvgIpc) is 3.26. The number of ether oxygens (including phenoxy) is 3. The summed E-state index contributed by atoms with van der Waals surface area (Å²) in [4.78, 5) is 24.8. The van der Waals surface area contributed by atoms with E-state index in [-0.39, 0.29) is 5.91 Å². The molecular weight excluding hydrogens is 424 g/mol. The number of nitrogens with zero attached hydrogens (tertiary/aromatic N) is 4. The van der Waals surface area contributed by atoms with Gasteiger partial charge in [-0.1, -0.05) is 6.58 Å². The van der Waals surface area contributed by atoms with Gasteiger partial charge in [0.1, 0.15) is 24.3 Å². The van der Waals surface area contributed by atoms with Gasteiger partial charge in [0.2, 0.25) is 11.7 Å². The monoisotopic (exact) mass is 446 g/mol. The van der Waals surface area contributed by atoms with E-state index in [2.05, 4.69) is 32.2 Å². The molecule has 4 rings (SSSR count). The molecule has 2 aromatic heterocycles. The molecule has 2 aromatic carbocycles. The van der Waals surface area contributed by atoms with E-state index in [1.165, 1.54) is 12.4 Å². The lowest BCUT2D eigenvalue weighted by atomic mass is 10.2. The molecule has 2 N–H and O–H groups in total. The highest BCUT2D eigenvalue weighted by molar-refractivity contribution is 6.00. The Morgan fingerprint density at radius 2 is 1.73 bits per heavy atom. The van der Waals surface area contributed by atoms with E-state index in [9.17, 15) is 4.79 Å². The Balaban J connectivity index is 1.68. The van der Waals surface area contributed by atoms with Crippen LogP contribution in [0.4, 0.5) is 17.2 Å². The molecule has 0 aliphatic heterocycles. The zero-order valence-corrected chi connectivity index (χ0v) is 18.3. The molecule has 0 radical (unpaired) electrons. The fourth-order valence-corrected chi connectivity index (χ4v) is 3.31. The molecular formula is C23H22N6O4. The van der Waals surface area contributed by atoms with Gasteiger partial charge < -0.3 is 24.8 Å². The topological polar surface area (TPSA) is 112 Å². The van der Waals surface area contributed by atoms with Crippen molar-refractivity contribution in [2.24, 2.45) is 0 Å². The summed E-state index contributed by atoms with van der Waals surface area (Å²) in [6.07, 6.45) is 4.33. The number of benzene rings is 2. The summed E-state index contributed by atoms with van der Waals surface area (Å²) >= 11 is 0. The smallest absolute Gasteiger partial charge is 0.247 e. The van der Waals surface area contributed by atoms with Crippen LogP contribution in [-0.2, 0) is 4.79 Å². The summed E-state index contributed by atoms with van der Waals surface area (Å²) in [5, 5.41) is 5.98. The minimum atomic E-state index is -0.292. The molecule has 0 spiro atoms. The van der Waals surface area contributed by atoms with E-state index in [0.717, 1.165) is 11.0 Å². The van der Waals surface area contributed by atoms with Gasteiger partial charge in [-0.05, 0) is 24.3 Å². The van der Waals surface area contributed by atoms with Crippen LogP contribution in [0.2, 0.25) is 0 Å². The molecule has 0 saturated heterocycles. The summed E-state index contributed by atoms with van der Waals surface area (Å²) < 4.78 is 18.0. The number of carbonyl (C=O) groups is 1. The summed E-state index contributed by atoms with van der Waals surface area (Å²) in [6, 6.07) is 10.8. The van der Waals surface area contributed by atoms with Crippen molar-refractivity contribution in [1.29, 1.82) is 0 Å². The molecule has 0 saturated carbocycles. The molecule has 4 aromatic rings. The van der Waals surface area contributed by atoms with Crippen molar-refractivity contribution < 1.29 is 19.0 Å². The van der Waals surface area contributed by atoms with Crippen molar-refractivity contribution in [2.75, 3.05) is 32.0 Å². The molecule has 0 aliphatic carbocycles. The van der Waals surface area contributed by atoms with Crippen LogP contribution in [0.25, 0.3) is 16.9 Å². The molecule has 1 amide bonds. The third-order valence-electron chi connectivity index (χ3n) is 4.84. The second-order valence-electron chi connectivity index (χ2n) is 6.81. The molecule has 33 heavy (non-hydrogen) atoms. The van der Waals surface area contributed by atoms with Crippen LogP contribution in [0.3, 0.4) is 0 Å². The van der Waals surface area contributed by atoms with Gasteiger partial charge in [0.15, 0.2) is 11.5 Å². The molecule has 0 bridgehead atoms. The lowest BCUT2D eigenvalue weighted by Crippen LogP contribution is -2.07. The van der Waals surface area contributed by atoms with E-state index in [1.807, 2.05) is 12.1 Å². The minimum absolute atomic E-state index is 0.292. The minimum Gasteiger partial charge on any atom is -0.493 e. The number of rotatable bonds is 8. The van der Waals surface area contributed by atoms with Crippen molar-refractivity contribution >= 4 is 34.1 Å². The second-order valence-corrected chi connectivity index (χ2v) is 6.81. The first-order chi connectivity index (χ1) is 16.1. The fraction of sp³-hybridized carbons (Fsp3) is 0.130. The van der Waals surface area contributed by atoms with Gasteiger partial charge in [-0.25, -0.2) is 15.0 Å². The summed E-state index contributed by atoms with van der Waals surface area (Å²) in [6.45, 7) is 3.47. The van der Waals surface area contributed by atoms with Crippen LogP contribution < -0.4 is 24.8 Å². The Hall–Kier alpha value is -4.60. The highest BCUT2D eigenvalue weighted by atomic mass is 16.5. The SMILES string of the molecule is C=CC(=O)Nc1ccc2ncn(-c3cc(Nc4cc(OC)c(OC)c(OC)c4)ncn3)c2c1. The van der Waals surface area contributed by atoms with E-state index in [0.29, 0.717) is 40.3 Å². The molecule has 10 nitrogen and oxygen atoms in total. The molecule has 0 fully saturated rings. The summed E-state index contributed by atoms with van der Waals surface area (Å²) in [7, 11) is 4.66. The predicted molar refractivity (Wildman–Crippen MR) is 125 cm³/mol. The normalized spacial score (nSPS) is 10.5. The Kier molecular flexibility index (Phi) is 6.07. The summed E-state index contributed by atoms with van der Waals surface area (Å²) in [5.74, 6) is 2.38. The van der Waals surface area contributed by atoms with Crippen LogP contribution in [0.1, 0.15) is 0 Å². The van der Waals surface area contributed by atoms with Crippen LogP contribution >= 0.6 is 0 Å². The lowest BCUT2D eigenvalue weighted by Gasteiger charge is -2.15. The summed E-state index contributed by atoms with van der Waals surface area (Å²) in [5.41, 5.74) is 2.84. The van der Waals surface area contributed by atoms with Gasteiger partial charge in [-0.15, -0.1) is 0 Å². The Morgan fingerprint density at radius 1 is 0.970 bits per heavy atom. The molecule has 2 heterocycles. The van der Waals surface area contributed by atoms with Crippen LogP contribution in [0.15, 0.2) is 61.7 Å². The fourth-order valence-electron chi connectivity index (χ4n) is 3.31. The zero-order valence-electron chi connectivity index (χ0n) is 18.3. The van der Waals surface area contributed by atoms with Crippen molar-refractivity contribution in [3.05, 3.63) is 61.7 Å². The van der Waals surface area contributed by atoms with Crippen LogP contribution in [0.5, 0.6) is 17.2 Å². The van der Waals surface area contributed by atoms with Gasteiger partial charge in [-0.3, -0.25) is 9.36 Å². The first-order valence-corrected chi connectivity index (χ1v) is 9.86. The molecule has 0 unspecified atom stereocenters. The number of amides is 1. The lowest BCUT2D eigenvalue weighted by molar-refractivity contribution is -0.111. The van der Waals surface area contributed by atoms with Crippen molar-refractivity contribution in [1.82, 2.24) is 19.5 Å². The first kappa shape index (κ1) is 21.6. The Bertz CT molecular complexity index is 1310. The van der Waals surface area contributed by atoms with Gasteiger partial charge >= 0.3 is 0 Å². The van der Waals surface area contributed by atoms with Crippen molar-refractivity contribution in [3.63, 3.8) is 0 Å². The van der Waals surface area contributed by atoms with Gasteiger partial charge in [-0.2, -0.15) is 0 Å². The van der Waals surface area contributed by atoms with Gasteiger partial charge in [0.25, 0.3) is 0 Å². The maximum atomic E-state index is 11.7. The third kappa shape index (κ3) is 4.40. The quantitative estimate of drug-likeness (QED) is 0.394. The van der Waals surface area contributed by atoms with E-state index in [1.54, 1.807) is 56.5 Å². The zero-order chi connectivity index (χ0) is 23.4. The number of imidazole rings is 1. The molecule has 0 aliphatic rings. The van der Waals surface area contributed by atoms with E-state index >= 15 is 0 Å². The average molecular weight is 446 g/mol. The number of aromatic nitrogens is 4. The first-order valence-electron chi connectivity index (χ1n) is 9.86. The number of hydrogen-bond donors (Lipinski definition) is 2. The van der Waals surface area contributed by atoms with E-state index < -0.39 is 0 Å². The predicted octanol–water partition coefficient (Wildman–Crippen LogP) is 3.71. The van der Waals surface area contributed by atoms with Crippen LogP contribution in [0, 0.1) is 0 Å². The standard InChI is InChI=1S/C23H22N6O4/c1-5-22(30)28-14-6-7-16-17(8-14)29(13-26-16)21-11-20(24-12-25-21)27-15-9-18(31-2)23(33-4)19(10-15)32-3/h5-13H,1H2,2-4H3,(H,28,30)(H,24,25,27). The Morgan fingerprint density at radius 3 is 2.39 bits per heavy atom. The van der Waals surface area contributed by atoms with Crippen molar-refractivity contribution in [3.8, 4) is 23.1 Å². The second kappa shape index (κ2) is 9.27. The van der Waals surface area contributed by atoms with E-state index in [4.69, 9.17) is 14.2 Å². The number of methoxy groups -OCH3 is 3. The number of fused-ring (bicyclic) bond motifs is 1. The largest absolute Gasteiger partial charge is 0.493 e. The van der Waals surface area contributed by atoms with Gasteiger partial charge in [0, 0.05) is 29.6 Å². The van der Waals surface area contributed by atoms with Crippen LogP contribution in [-0.4, -0.2) is 46.8 Å². The number of nitrogens with one attached hydrogen (secondary N) is 2. The van der Waals surface area contributed by atoms with Gasteiger partial charge in [0.05, 0.1) is 32.4 Å². The maximum absolute atomic E-state index is 11.7. The Labute approximate surface area is 189 Å². The molecule has 168 valence electrons. The van der Waals surface area contributed by atoms with Crippen molar-refractivity contribution in [2.45, 2.75) is 0 Å². The third-order valence-corrected chi connectivity index (χ3v) is 4.84. The highest BCUT2D eigenvalue weighted by Crippen LogP contribution is 2.40. The number of hydrogen-bond acceptors (Lipinski definition) is 8. The molecule has 0 atom stereocenters. The number of anilines is 3. The highest BCUT2D eigenvalue weighted by Gasteiger charge is 2.14. The molecule has 10 heteroatoms. The maximum Gasteiger partial charge on any atom is 0.247 e.